The van der Waals surface area contributed by atoms with Crippen LogP contribution in [0.15, 0.2) is 78.9 Å². The molecule has 3 amide bonds. The predicted molar refractivity (Wildman–Crippen MR) is 170 cm³/mol. The Hall–Kier alpha value is -4.37. The van der Waals surface area contributed by atoms with Gasteiger partial charge in [0.05, 0.1) is 22.4 Å². The molecular formula is C34H35N5O3S. The first-order valence-corrected chi connectivity index (χ1v) is 15.6. The molecule has 1 saturated heterocycles. The molecule has 2 aliphatic heterocycles. The molecule has 1 fully saturated rings. The fraction of sp³-hybridized carbons (Fsp3) is 0.294. The Morgan fingerprint density at radius 2 is 1.53 bits per heavy atom. The number of rotatable bonds is 5. The van der Waals surface area contributed by atoms with Gasteiger partial charge in [0.25, 0.3) is 0 Å². The third kappa shape index (κ3) is 5.82. The number of amides is 3. The van der Waals surface area contributed by atoms with Crippen LogP contribution in [0.5, 0.6) is 0 Å². The van der Waals surface area contributed by atoms with Crippen LogP contribution in [0.25, 0.3) is 16.9 Å². The van der Waals surface area contributed by atoms with Crippen LogP contribution in [0.1, 0.15) is 34.4 Å². The number of hydrogen-bond acceptors (Lipinski definition) is 5. The molecule has 8 nitrogen and oxygen atoms in total. The second kappa shape index (κ2) is 12.1. The van der Waals surface area contributed by atoms with Crippen molar-refractivity contribution in [3.8, 4) is 16.9 Å². The summed E-state index contributed by atoms with van der Waals surface area (Å²) in [5.41, 5.74) is 6.78. The molecule has 1 atom stereocenters. The molecule has 0 spiro atoms. The average Bonchev–Trinajstić information content (AvgIpc) is 3.34. The van der Waals surface area contributed by atoms with Gasteiger partial charge < -0.3 is 9.80 Å². The number of piperazine rings is 1. The number of hydrogen-bond donors (Lipinski definition) is 0. The topological polar surface area (TPSA) is 78.8 Å². The average molecular weight is 594 g/mol. The van der Waals surface area contributed by atoms with E-state index >= 15 is 0 Å². The van der Waals surface area contributed by atoms with Gasteiger partial charge in [0, 0.05) is 44.2 Å². The first-order valence-electron chi connectivity index (χ1n) is 14.6. The van der Waals surface area contributed by atoms with Crippen LogP contribution in [0.2, 0.25) is 0 Å². The van der Waals surface area contributed by atoms with E-state index in [4.69, 9.17) is 5.10 Å². The highest BCUT2D eigenvalue weighted by Gasteiger charge is 2.38. The van der Waals surface area contributed by atoms with Crippen molar-refractivity contribution in [2.24, 2.45) is 0 Å². The van der Waals surface area contributed by atoms with E-state index in [1.807, 2.05) is 72.3 Å². The van der Waals surface area contributed by atoms with Crippen molar-refractivity contribution >= 4 is 35.3 Å². The molecule has 1 aromatic heterocycles. The van der Waals surface area contributed by atoms with Crippen molar-refractivity contribution in [1.29, 1.82) is 0 Å². The summed E-state index contributed by atoms with van der Waals surface area (Å²) in [6, 6.07) is 26.5. The van der Waals surface area contributed by atoms with Gasteiger partial charge in [0.1, 0.15) is 12.4 Å². The molecule has 0 bridgehead atoms. The molecule has 9 heteroatoms. The lowest BCUT2D eigenvalue weighted by Crippen LogP contribution is -2.53. The van der Waals surface area contributed by atoms with Crippen molar-refractivity contribution < 1.29 is 14.4 Å². The molecule has 220 valence electrons. The van der Waals surface area contributed by atoms with Crippen LogP contribution >= 0.6 is 11.8 Å². The van der Waals surface area contributed by atoms with Gasteiger partial charge in [-0.15, -0.1) is 11.8 Å². The van der Waals surface area contributed by atoms with Crippen LogP contribution < -0.4 is 4.90 Å². The zero-order chi connectivity index (χ0) is 30.1. The summed E-state index contributed by atoms with van der Waals surface area (Å²) in [5, 5.41) is 5.01. The molecule has 3 heterocycles. The molecule has 0 aliphatic carbocycles. The summed E-state index contributed by atoms with van der Waals surface area (Å²) in [6.45, 7) is 7.42. The van der Waals surface area contributed by atoms with E-state index in [-0.39, 0.29) is 35.3 Å². The predicted octanol–water partition coefficient (Wildman–Crippen LogP) is 5.02. The highest BCUT2D eigenvalue weighted by Crippen LogP contribution is 2.48. The van der Waals surface area contributed by atoms with E-state index in [1.54, 1.807) is 33.4 Å². The lowest BCUT2D eigenvalue weighted by atomic mass is 9.98. The number of thioether (sulfide) groups is 1. The summed E-state index contributed by atoms with van der Waals surface area (Å²) in [6.07, 6.45) is 0. The van der Waals surface area contributed by atoms with E-state index < -0.39 is 0 Å². The second-order valence-corrected chi connectivity index (χ2v) is 12.3. The van der Waals surface area contributed by atoms with Gasteiger partial charge in [-0.1, -0.05) is 72.3 Å². The number of aryl methyl sites for hydroxylation is 2. The number of carbonyl (C=O) groups excluding carboxylic acids is 3. The number of anilines is 1. The van der Waals surface area contributed by atoms with Crippen LogP contribution in [-0.2, 0) is 14.4 Å². The first-order chi connectivity index (χ1) is 20.8. The Morgan fingerprint density at radius 3 is 2.21 bits per heavy atom. The van der Waals surface area contributed by atoms with Crippen LogP contribution in [0, 0.1) is 13.8 Å². The maximum absolute atomic E-state index is 14.0. The molecule has 0 N–H and O–H groups in total. The van der Waals surface area contributed by atoms with E-state index in [1.165, 1.54) is 0 Å². The fourth-order valence-corrected chi connectivity index (χ4v) is 7.06. The van der Waals surface area contributed by atoms with Crippen molar-refractivity contribution in [1.82, 2.24) is 19.6 Å². The summed E-state index contributed by atoms with van der Waals surface area (Å²) >= 11 is 1.57. The smallest absolute Gasteiger partial charge is 0.242 e. The van der Waals surface area contributed by atoms with E-state index in [9.17, 15) is 14.4 Å². The molecule has 2 aliphatic rings. The molecular weight excluding hydrogens is 558 g/mol. The zero-order valence-corrected chi connectivity index (χ0v) is 25.5. The van der Waals surface area contributed by atoms with Crippen molar-refractivity contribution in [3.05, 3.63) is 101 Å². The van der Waals surface area contributed by atoms with Crippen molar-refractivity contribution in [3.63, 3.8) is 0 Å². The lowest BCUT2D eigenvalue weighted by Gasteiger charge is -2.35. The third-order valence-corrected chi connectivity index (χ3v) is 9.35. The molecule has 6 rings (SSSR count). The standard InChI is InChI=1S/C34H35N5O3S/c1-23-9-7-13-27(19-23)33-31-32(26-11-5-4-6-12-26)35-39(28-14-8-10-24(2)20-28)34(31)38(30(42)22-43-33)21-29(41)37-17-15-36(16-18-37)25(3)40/h4-14,19-20,33H,15-18,21-22H2,1-3H3/t33-/m1/s1. The van der Waals surface area contributed by atoms with Crippen LogP contribution in [0.3, 0.4) is 0 Å². The highest BCUT2D eigenvalue weighted by molar-refractivity contribution is 8.00. The zero-order valence-electron chi connectivity index (χ0n) is 24.7. The number of carbonyl (C=O) groups is 3. The van der Waals surface area contributed by atoms with Gasteiger partial charge >= 0.3 is 0 Å². The van der Waals surface area contributed by atoms with Gasteiger partial charge in [0.2, 0.25) is 17.7 Å². The number of aromatic nitrogens is 2. The Balaban J connectivity index is 1.52. The van der Waals surface area contributed by atoms with Crippen molar-refractivity contribution in [2.45, 2.75) is 26.0 Å². The molecule has 0 unspecified atom stereocenters. The van der Waals surface area contributed by atoms with Crippen molar-refractivity contribution in [2.75, 3.05) is 43.4 Å². The molecule has 3 aromatic carbocycles. The first kappa shape index (κ1) is 28.7. The highest BCUT2D eigenvalue weighted by atomic mass is 32.2. The summed E-state index contributed by atoms with van der Waals surface area (Å²) < 4.78 is 1.85. The SMILES string of the molecule is CC(=O)N1CCN(C(=O)CN2C(=O)CS[C@H](c3cccc(C)c3)c3c(-c4ccccc4)nn(-c4cccc(C)c4)c32)CC1. The Labute approximate surface area is 256 Å². The van der Waals surface area contributed by atoms with Gasteiger partial charge in [0.15, 0.2) is 0 Å². The summed E-state index contributed by atoms with van der Waals surface area (Å²) in [5.74, 6) is 0.585. The van der Waals surface area contributed by atoms with E-state index in [0.29, 0.717) is 32.0 Å². The minimum absolute atomic E-state index is 0.00847. The molecule has 43 heavy (non-hydrogen) atoms. The maximum atomic E-state index is 14.0. The minimum Gasteiger partial charge on any atom is -0.339 e. The molecule has 0 saturated carbocycles. The third-order valence-electron chi connectivity index (χ3n) is 8.10. The Morgan fingerprint density at radius 1 is 0.860 bits per heavy atom. The van der Waals surface area contributed by atoms with Crippen LogP contribution in [-0.4, -0.2) is 75.8 Å². The second-order valence-electron chi connectivity index (χ2n) is 11.2. The van der Waals surface area contributed by atoms with E-state index in [2.05, 4.69) is 25.1 Å². The summed E-state index contributed by atoms with van der Waals surface area (Å²) in [4.78, 5) is 44.8. The fourth-order valence-electron chi connectivity index (χ4n) is 5.87. The Kier molecular flexibility index (Phi) is 8.08. The quantitative estimate of drug-likeness (QED) is 0.325. The van der Waals surface area contributed by atoms with Gasteiger partial charge in [-0.3, -0.25) is 19.3 Å². The minimum atomic E-state index is -0.174. The van der Waals surface area contributed by atoms with Gasteiger partial charge in [-0.05, 0) is 37.1 Å². The summed E-state index contributed by atoms with van der Waals surface area (Å²) in [7, 11) is 0. The number of fused-ring (bicyclic) bond motifs is 1. The normalized spacial score (nSPS) is 17.0. The number of nitrogens with zero attached hydrogens (tertiary/aromatic N) is 5. The molecule has 0 radical (unpaired) electrons. The van der Waals surface area contributed by atoms with Gasteiger partial charge in [-0.25, -0.2) is 4.68 Å². The largest absolute Gasteiger partial charge is 0.339 e. The monoisotopic (exact) mass is 593 g/mol. The Bertz CT molecular complexity index is 1680. The lowest BCUT2D eigenvalue weighted by molar-refractivity contribution is -0.137. The van der Waals surface area contributed by atoms with E-state index in [0.717, 1.165) is 39.2 Å². The number of benzene rings is 3. The maximum Gasteiger partial charge on any atom is 0.242 e. The van der Waals surface area contributed by atoms with Gasteiger partial charge in [-0.2, -0.15) is 5.10 Å². The molecule has 4 aromatic rings. The van der Waals surface area contributed by atoms with Crippen LogP contribution in [0.4, 0.5) is 5.82 Å².